The van der Waals surface area contributed by atoms with Gasteiger partial charge in [0.25, 0.3) is 0 Å². The predicted molar refractivity (Wildman–Crippen MR) is 103 cm³/mol. The second kappa shape index (κ2) is 7.22. The molecule has 146 valence electrons. The maximum absolute atomic E-state index is 13.0. The van der Waals surface area contributed by atoms with Gasteiger partial charge in [0.1, 0.15) is 5.82 Å². The number of hydrogen-bond acceptors (Lipinski definition) is 3. The quantitative estimate of drug-likeness (QED) is 0.884. The first-order valence-electron chi connectivity index (χ1n) is 9.43. The molecule has 2 fully saturated rings. The summed E-state index contributed by atoms with van der Waals surface area (Å²) in [6.45, 7) is 1.69. The summed E-state index contributed by atoms with van der Waals surface area (Å²) in [5.41, 5.74) is 1.32. The van der Waals surface area contributed by atoms with Crippen LogP contribution in [0.5, 0.6) is 0 Å². The van der Waals surface area contributed by atoms with Crippen molar-refractivity contribution >= 4 is 17.6 Å². The summed E-state index contributed by atoms with van der Waals surface area (Å²) in [6, 6.07) is 11.2. The molecule has 28 heavy (non-hydrogen) atoms. The highest BCUT2D eigenvalue weighted by molar-refractivity contribution is 5.90. The Kier molecular flexibility index (Phi) is 4.75. The standard InChI is InChI=1S/C21H23FN4O2/c1-25(13-17-4-2-3-10-23-17)19(27)18-12-21(18)9-11-26(14-21)20(28)24-16-7-5-15(22)6-8-16/h2-8,10,18H,9,11-14H2,1H3,(H,24,28). The Balaban J connectivity index is 1.32. The zero-order valence-electron chi connectivity index (χ0n) is 15.8. The number of nitrogens with one attached hydrogen (secondary N) is 1. The van der Waals surface area contributed by atoms with Gasteiger partial charge in [-0.2, -0.15) is 0 Å². The largest absolute Gasteiger partial charge is 0.340 e. The molecule has 1 saturated carbocycles. The fourth-order valence-electron chi connectivity index (χ4n) is 4.03. The van der Waals surface area contributed by atoms with Crippen molar-refractivity contribution < 1.29 is 14.0 Å². The first kappa shape index (κ1) is 18.4. The molecule has 1 saturated heterocycles. The van der Waals surface area contributed by atoms with E-state index in [0.717, 1.165) is 18.5 Å². The van der Waals surface area contributed by atoms with E-state index in [4.69, 9.17) is 0 Å². The van der Waals surface area contributed by atoms with Gasteiger partial charge in [0.15, 0.2) is 0 Å². The Morgan fingerprint density at radius 3 is 2.79 bits per heavy atom. The minimum atomic E-state index is -0.340. The van der Waals surface area contributed by atoms with E-state index < -0.39 is 0 Å². The molecule has 7 heteroatoms. The second-order valence-electron chi connectivity index (χ2n) is 7.74. The lowest BCUT2D eigenvalue weighted by atomic mass is 10.0. The third kappa shape index (κ3) is 3.69. The number of amides is 3. The molecule has 2 unspecified atom stereocenters. The van der Waals surface area contributed by atoms with Crippen LogP contribution >= 0.6 is 0 Å². The minimum Gasteiger partial charge on any atom is -0.340 e. The molecular formula is C21H23FN4O2. The number of carbonyl (C=O) groups is 2. The van der Waals surface area contributed by atoms with Gasteiger partial charge >= 0.3 is 6.03 Å². The van der Waals surface area contributed by atoms with Gasteiger partial charge in [0.2, 0.25) is 5.91 Å². The van der Waals surface area contributed by atoms with Crippen LogP contribution in [0.1, 0.15) is 18.5 Å². The fourth-order valence-corrected chi connectivity index (χ4v) is 4.03. The van der Waals surface area contributed by atoms with Crippen LogP contribution in [0.25, 0.3) is 0 Å². The van der Waals surface area contributed by atoms with Crippen LogP contribution in [0.15, 0.2) is 48.7 Å². The van der Waals surface area contributed by atoms with Gasteiger partial charge in [-0.25, -0.2) is 9.18 Å². The monoisotopic (exact) mass is 382 g/mol. The van der Waals surface area contributed by atoms with E-state index in [-0.39, 0.29) is 29.1 Å². The van der Waals surface area contributed by atoms with Crippen molar-refractivity contribution in [1.29, 1.82) is 0 Å². The molecule has 2 heterocycles. The van der Waals surface area contributed by atoms with Crippen LogP contribution in [-0.4, -0.2) is 46.9 Å². The maximum atomic E-state index is 13.0. The highest BCUT2D eigenvalue weighted by Crippen LogP contribution is 2.59. The smallest absolute Gasteiger partial charge is 0.321 e. The van der Waals surface area contributed by atoms with E-state index in [0.29, 0.717) is 25.3 Å². The average molecular weight is 382 g/mol. The number of nitrogens with zero attached hydrogens (tertiary/aromatic N) is 3. The molecule has 4 rings (SSSR count). The summed E-state index contributed by atoms with van der Waals surface area (Å²) in [5, 5.41) is 2.79. The van der Waals surface area contributed by atoms with Gasteiger partial charge in [-0.15, -0.1) is 0 Å². The number of pyridine rings is 1. The van der Waals surface area contributed by atoms with Crippen molar-refractivity contribution in [3.05, 3.63) is 60.2 Å². The van der Waals surface area contributed by atoms with Crippen LogP contribution in [0, 0.1) is 17.2 Å². The van der Waals surface area contributed by atoms with Crippen LogP contribution in [0.2, 0.25) is 0 Å². The molecule has 1 N–H and O–H groups in total. The van der Waals surface area contributed by atoms with E-state index >= 15 is 0 Å². The summed E-state index contributed by atoms with van der Waals surface area (Å²) < 4.78 is 13.0. The molecule has 0 bridgehead atoms. The summed E-state index contributed by atoms with van der Waals surface area (Å²) in [7, 11) is 1.80. The van der Waals surface area contributed by atoms with Crippen LogP contribution in [-0.2, 0) is 11.3 Å². The Hall–Kier alpha value is -2.96. The molecule has 3 amide bonds. The van der Waals surface area contributed by atoms with Gasteiger partial charge < -0.3 is 15.1 Å². The minimum absolute atomic E-state index is 0.0372. The van der Waals surface area contributed by atoms with Crippen molar-refractivity contribution in [3.63, 3.8) is 0 Å². The lowest BCUT2D eigenvalue weighted by Crippen LogP contribution is -2.34. The average Bonchev–Trinajstić information content (AvgIpc) is 3.22. The lowest BCUT2D eigenvalue weighted by molar-refractivity contribution is -0.132. The molecule has 2 atom stereocenters. The van der Waals surface area contributed by atoms with E-state index in [1.165, 1.54) is 24.3 Å². The number of likely N-dealkylation sites (tertiary alicyclic amines) is 1. The van der Waals surface area contributed by atoms with Crippen molar-refractivity contribution in [2.24, 2.45) is 11.3 Å². The third-order valence-corrected chi connectivity index (χ3v) is 5.76. The molecule has 1 aliphatic carbocycles. The maximum Gasteiger partial charge on any atom is 0.321 e. The Morgan fingerprint density at radius 1 is 1.29 bits per heavy atom. The number of carbonyl (C=O) groups excluding carboxylic acids is 2. The topological polar surface area (TPSA) is 65.5 Å². The number of hydrogen-bond donors (Lipinski definition) is 1. The number of rotatable bonds is 4. The Bertz CT molecular complexity index is 874. The van der Waals surface area contributed by atoms with Crippen molar-refractivity contribution in [2.45, 2.75) is 19.4 Å². The predicted octanol–water partition coefficient (Wildman–Crippen LogP) is 3.12. The summed E-state index contributed by atoms with van der Waals surface area (Å²) in [4.78, 5) is 33.0. The fraction of sp³-hybridized carbons (Fsp3) is 0.381. The third-order valence-electron chi connectivity index (χ3n) is 5.76. The van der Waals surface area contributed by atoms with E-state index in [1.54, 1.807) is 23.0 Å². The number of urea groups is 1. The summed E-state index contributed by atoms with van der Waals surface area (Å²) in [6.07, 6.45) is 3.37. The number of halogens is 1. The highest BCUT2D eigenvalue weighted by Gasteiger charge is 2.61. The van der Waals surface area contributed by atoms with Gasteiger partial charge in [0.05, 0.1) is 12.2 Å². The zero-order valence-corrected chi connectivity index (χ0v) is 15.8. The Labute approximate surface area is 163 Å². The highest BCUT2D eigenvalue weighted by atomic mass is 19.1. The SMILES string of the molecule is CN(Cc1ccccn1)C(=O)C1CC12CCN(C(=O)Nc1ccc(F)cc1)C2. The Morgan fingerprint density at radius 2 is 2.07 bits per heavy atom. The number of benzene rings is 1. The molecular weight excluding hydrogens is 359 g/mol. The first-order valence-corrected chi connectivity index (χ1v) is 9.43. The second-order valence-corrected chi connectivity index (χ2v) is 7.74. The molecule has 1 aliphatic heterocycles. The van der Waals surface area contributed by atoms with Crippen LogP contribution < -0.4 is 5.32 Å². The van der Waals surface area contributed by atoms with Crippen molar-refractivity contribution in [2.75, 3.05) is 25.5 Å². The van der Waals surface area contributed by atoms with Gasteiger partial charge in [-0.05, 0) is 49.2 Å². The van der Waals surface area contributed by atoms with Crippen LogP contribution in [0.3, 0.4) is 0 Å². The van der Waals surface area contributed by atoms with Gasteiger partial charge in [-0.3, -0.25) is 9.78 Å². The van der Waals surface area contributed by atoms with E-state index in [9.17, 15) is 14.0 Å². The normalized spacial score (nSPS) is 22.9. The zero-order chi connectivity index (χ0) is 19.7. The number of anilines is 1. The molecule has 1 spiro atoms. The molecule has 2 aromatic rings. The molecule has 1 aromatic carbocycles. The van der Waals surface area contributed by atoms with E-state index in [1.807, 2.05) is 18.2 Å². The molecule has 6 nitrogen and oxygen atoms in total. The van der Waals surface area contributed by atoms with Gasteiger partial charge in [-0.1, -0.05) is 6.07 Å². The summed E-state index contributed by atoms with van der Waals surface area (Å²) in [5.74, 6) is -0.261. The van der Waals surface area contributed by atoms with Crippen LogP contribution in [0.4, 0.5) is 14.9 Å². The van der Waals surface area contributed by atoms with E-state index in [2.05, 4.69) is 10.3 Å². The van der Waals surface area contributed by atoms with Crippen molar-refractivity contribution in [1.82, 2.24) is 14.8 Å². The molecule has 0 radical (unpaired) electrons. The molecule has 1 aromatic heterocycles. The van der Waals surface area contributed by atoms with Gasteiger partial charge in [0, 0.05) is 43.4 Å². The molecule has 2 aliphatic rings. The summed E-state index contributed by atoms with van der Waals surface area (Å²) >= 11 is 0. The van der Waals surface area contributed by atoms with Crippen molar-refractivity contribution in [3.8, 4) is 0 Å². The first-order chi connectivity index (χ1) is 13.5. The number of aromatic nitrogens is 1. The lowest BCUT2D eigenvalue weighted by Gasteiger charge is -2.20.